The summed E-state index contributed by atoms with van der Waals surface area (Å²) in [6.45, 7) is 2.12. The minimum Gasteiger partial charge on any atom is -0.457 e. The molecule has 0 amide bonds. The maximum absolute atomic E-state index is 12.2. The smallest absolute Gasteiger partial charge is 0.457 e. The van der Waals surface area contributed by atoms with Gasteiger partial charge in [-0.1, -0.05) is 109 Å². The second kappa shape index (κ2) is 30.4. The van der Waals surface area contributed by atoms with Crippen molar-refractivity contribution in [3.8, 4) is 0 Å². The standard InChI is InChI=1S/C33H63O10P/c1-3-5-7-9-11-13-14-15-17-19-21-23-25-33(37)43-31(27-35)29-41-44(38,39)40-28-30(26-34)42-32(36)24-22-20-18-16-12-10-8-6-4-2/h11,13,30-31,34-35H,3-10,12,14-29H2,1-2H3,(H,38,39)/b13-11-. The first-order valence-electron chi connectivity index (χ1n) is 17.1. The highest BCUT2D eigenvalue weighted by atomic mass is 31.2. The Bertz CT molecular complexity index is 761. The molecular formula is C33H63O10P. The van der Waals surface area contributed by atoms with E-state index in [1.54, 1.807) is 0 Å². The molecule has 11 heteroatoms. The molecule has 0 heterocycles. The molecule has 0 aliphatic heterocycles. The number of unbranched alkanes of at least 4 members (excludes halogenated alkanes) is 16. The Hall–Kier alpha value is -1.29. The van der Waals surface area contributed by atoms with Crippen molar-refractivity contribution < 1.29 is 47.8 Å². The number of phosphoric acid groups is 1. The van der Waals surface area contributed by atoms with Gasteiger partial charge in [-0.05, 0) is 38.5 Å². The van der Waals surface area contributed by atoms with Gasteiger partial charge in [0.05, 0.1) is 26.4 Å². The van der Waals surface area contributed by atoms with Gasteiger partial charge in [-0.3, -0.25) is 18.6 Å². The van der Waals surface area contributed by atoms with E-state index in [2.05, 4.69) is 26.0 Å². The molecule has 3 unspecified atom stereocenters. The van der Waals surface area contributed by atoms with Crippen LogP contribution in [0.5, 0.6) is 0 Å². The van der Waals surface area contributed by atoms with Crippen LogP contribution in [0.4, 0.5) is 0 Å². The van der Waals surface area contributed by atoms with Crippen LogP contribution in [0, 0.1) is 0 Å². The highest BCUT2D eigenvalue weighted by Gasteiger charge is 2.27. The zero-order valence-electron chi connectivity index (χ0n) is 27.6. The van der Waals surface area contributed by atoms with Crippen LogP contribution in [0.25, 0.3) is 0 Å². The topological polar surface area (TPSA) is 149 Å². The normalized spacial score (nSPS) is 14.4. The van der Waals surface area contributed by atoms with E-state index < -0.39 is 58.4 Å². The van der Waals surface area contributed by atoms with Crippen LogP contribution in [0.1, 0.15) is 149 Å². The molecule has 0 rings (SSSR count). The number of aliphatic hydroxyl groups is 2. The summed E-state index contributed by atoms with van der Waals surface area (Å²) >= 11 is 0. The average molecular weight is 651 g/mol. The molecule has 0 aromatic carbocycles. The highest BCUT2D eigenvalue weighted by Crippen LogP contribution is 2.43. The fourth-order valence-corrected chi connectivity index (χ4v) is 5.30. The lowest BCUT2D eigenvalue weighted by Crippen LogP contribution is -2.28. The lowest BCUT2D eigenvalue weighted by Gasteiger charge is -2.20. The van der Waals surface area contributed by atoms with E-state index >= 15 is 0 Å². The summed E-state index contributed by atoms with van der Waals surface area (Å²) in [6, 6.07) is 0. The Morgan fingerprint density at radius 1 is 0.591 bits per heavy atom. The fraction of sp³-hybridized carbons (Fsp3) is 0.879. The van der Waals surface area contributed by atoms with Crippen LogP contribution in [0.2, 0.25) is 0 Å². The molecule has 0 fully saturated rings. The summed E-state index contributed by atoms with van der Waals surface area (Å²) in [7, 11) is -4.62. The fourth-order valence-electron chi connectivity index (χ4n) is 4.52. The van der Waals surface area contributed by atoms with E-state index in [1.165, 1.54) is 51.4 Å². The molecule has 0 saturated heterocycles. The van der Waals surface area contributed by atoms with Crippen LogP contribution >= 0.6 is 7.82 Å². The lowest BCUT2D eigenvalue weighted by atomic mass is 10.1. The first-order chi connectivity index (χ1) is 21.3. The van der Waals surface area contributed by atoms with Crippen LogP contribution in [0.3, 0.4) is 0 Å². The number of carbonyl (C=O) groups is 2. The average Bonchev–Trinajstić information content (AvgIpc) is 3.01. The number of esters is 2. The first kappa shape index (κ1) is 42.7. The van der Waals surface area contributed by atoms with Crippen LogP contribution in [0.15, 0.2) is 12.2 Å². The van der Waals surface area contributed by atoms with Gasteiger partial charge < -0.3 is 24.6 Å². The zero-order valence-corrected chi connectivity index (χ0v) is 28.5. The van der Waals surface area contributed by atoms with Crippen LogP contribution in [-0.4, -0.2) is 65.7 Å². The summed E-state index contributed by atoms with van der Waals surface area (Å²) in [6.07, 6.45) is 23.5. The van der Waals surface area contributed by atoms with Crippen molar-refractivity contribution in [2.45, 2.75) is 161 Å². The van der Waals surface area contributed by atoms with E-state index in [-0.39, 0.29) is 12.8 Å². The van der Waals surface area contributed by atoms with Crippen molar-refractivity contribution in [2.24, 2.45) is 0 Å². The molecule has 0 aromatic heterocycles. The van der Waals surface area contributed by atoms with E-state index in [9.17, 15) is 29.3 Å². The van der Waals surface area contributed by atoms with Gasteiger partial charge in [0.1, 0.15) is 12.2 Å². The van der Waals surface area contributed by atoms with Crippen LogP contribution < -0.4 is 0 Å². The summed E-state index contributed by atoms with van der Waals surface area (Å²) in [4.78, 5) is 34.1. The summed E-state index contributed by atoms with van der Waals surface area (Å²) in [5, 5.41) is 19.0. The van der Waals surface area contributed by atoms with Gasteiger partial charge in [0.25, 0.3) is 0 Å². The maximum Gasteiger partial charge on any atom is 0.472 e. The number of phosphoric ester groups is 1. The molecule has 0 aromatic rings. The number of carbonyl (C=O) groups excluding carboxylic acids is 2. The van der Waals surface area contributed by atoms with Crippen molar-refractivity contribution in [1.82, 2.24) is 0 Å². The molecule has 44 heavy (non-hydrogen) atoms. The molecule has 0 aliphatic rings. The Morgan fingerprint density at radius 3 is 1.34 bits per heavy atom. The third-order valence-electron chi connectivity index (χ3n) is 7.23. The Labute approximate surface area is 266 Å². The molecule has 0 aliphatic carbocycles. The van der Waals surface area contributed by atoms with E-state index in [0.717, 1.165) is 57.8 Å². The van der Waals surface area contributed by atoms with Gasteiger partial charge in [-0.2, -0.15) is 0 Å². The number of aliphatic hydroxyl groups excluding tert-OH is 2. The second-order valence-corrected chi connectivity index (χ2v) is 13.0. The summed E-state index contributed by atoms with van der Waals surface area (Å²) in [5.41, 5.74) is 0. The van der Waals surface area contributed by atoms with E-state index in [0.29, 0.717) is 12.8 Å². The molecular weight excluding hydrogens is 587 g/mol. The molecule has 0 saturated carbocycles. The SMILES string of the molecule is CCCCC/C=C\CCCCCCCC(=O)OC(CO)COP(=O)(O)OCC(CO)OC(=O)CCCCCCCCCCC. The summed E-state index contributed by atoms with van der Waals surface area (Å²) < 4.78 is 32.3. The van der Waals surface area contributed by atoms with Gasteiger partial charge in [0, 0.05) is 12.8 Å². The minimum absolute atomic E-state index is 0.184. The summed E-state index contributed by atoms with van der Waals surface area (Å²) in [5.74, 6) is -1.03. The van der Waals surface area contributed by atoms with Gasteiger partial charge >= 0.3 is 19.8 Å². The number of allylic oxidation sites excluding steroid dienone is 2. The Balaban J connectivity index is 4.05. The number of rotatable bonds is 32. The first-order valence-corrected chi connectivity index (χ1v) is 18.6. The highest BCUT2D eigenvalue weighted by molar-refractivity contribution is 7.47. The largest absolute Gasteiger partial charge is 0.472 e. The van der Waals surface area contributed by atoms with Gasteiger partial charge in [0.2, 0.25) is 0 Å². The molecule has 10 nitrogen and oxygen atoms in total. The molecule has 3 atom stereocenters. The van der Waals surface area contributed by atoms with Gasteiger partial charge in [0.15, 0.2) is 0 Å². The van der Waals surface area contributed by atoms with Crippen molar-refractivity contribution >= 4 is 19.8 Å². The predicted molar refractivity (Wildman–Crippen MR) is 173 cm³/mol. The molecule has 260 valence electrons. The Morgan fingerprint density at radius 2 is 0.932 bits per heavy atom. The predicted octanol–water partition coefficient (Wildman–Crippen LogP) is 7.72. The van der Waals surface area contributed by atoms with Crippen LogP contribution in [-0.2, 0) is 32.7 Å². The van der Waals surface area contributed by atoms with E-state index in [1.807, 2.05) is 0 Å². The molecule has 0 spiro atoms. The van der Waals surface area contributed by atoms with Gasteiger partial charge in [-0.25, -0.2) is 4.57 Å². The molecule has 3 N–H and O–H groups in total. The van der Waals surface area contributed by atoms with Gasteiger partial charge in [-0.15, -0.1) is 0 Å². The minimum atomic E-state index is -4.62. The van der Waals surface area contributed by atoms with Crippen molar-refractivity contribution in [1.29, 1.82) is 0 Å². The quantitative estimate of drug-likeness (QED) is 0.0286. The van der Waals surface area contributed by atoms with Crippen molar-refractivity contribution in [3.63, 3.8) is 0 Å². The lowest BCUT2D eigenvalue weighted by molar-refractivity contribution is -0.153. The Kier molecular flexibility index (Phi) is 29.5. The zero-order chi connectivity index (χ0) is 32.7. The molecule has 0 radical (unpaired) electrons. The number of ether oxygens (including phenoxy) is 2. The number of hydrogen-bond donors (Lipinski definition) is 3. The van der Waals surface area contributed by atoms with Crippen molar-refractivity contribution in [3.05, 3.63) is 12.2 Å². The molecule has 0 bridgehead atoms. The second-order valence-electron chi connectivity index (χ2n) is 11.5. The number of hydrogen-bond acceptors (Lipinski definition) is 9. The maximum atomic E-state index is 12.2. The third kappa shape index (κ3) is 28.2. The van der Waals surface area contributed by atoms with Crippen molar-refractivity contribution in [2.75, 3.05) is 26.4 Å². The van der Waals surface area contributed by atoms with E-state index in [4.69, 9.17) is 18.5 Å². The monoisotopic (exact) mass is 650 g/mol. The third-order valence-corrected chi connectivity index (χ3v) is 8.18.